The first-order valence-corrected chi connectivity index (χ1v) is 6.42. The molecule has 5 heteroatoms. The molecule has 0 aromatic carbocycles. The summed E-state index contributed by atoms with van der Waals surface area (Å²) < 4.78 is 10.2. The summed E-state index contributed by atoms with van der Waals surface area (Å²) in [5.74, 6) is -0.392. The molecule has 18 heavy (non-hydrogen) atoms. The van der Waals surface area contributed by atoms with Crippen LogP contribution in [0.1, 0.15) is 40.0 Å². The molecule has 2 fully saturated rings. The Bertz CT molecular complexity index is 360. The van der Waals surface area contributed by atoms with E-state index in [0.717, 1.165) is 12.8 Å². The lowest BCUT2D eigenvalue weighted by molar-refractivity contribution is -0.146. The molecule has 1 amide bonds. The van der Waals surface area contributed by atoms with Crippen LogP contribution < -0.4 is 0 Å². The van der Waals surface area contributed by atoms with Gasteiger partial charge in [-0.3, -0.25) is 4.79 Å². The summed E-state index contributed by atoms with van der Waals surface area (Å²) >= 11 is 0. The number of ether oxygens (including phenoxy) is 2. The van der Waals surface area contributed by atoms with Crippen molar-refractivity contribution in [3.05, 3.63) is 0 Å². The fraction of sp³-hybridized carbons (Fsp3) is 0.846. The molecule has 3 atom stereocenters. The van der Waals surface area contributed by atoms with Gasteiger partial charge in [0.25, 0.3) is 0 Å². The molecule has 2 saturated heterocycles. The van der Waals surface area contributed by atoms with Crippen LogP contribution in [0, 0.1) is 5.92 Å². The maximum absolute atomic E-state index is 12.1. The first-order chi connectivity index (χ1) is 8.33. The topological polar surface area (TPSA) is 55.8 Å². The summed E-state index contributed by atoms with van der Waals surface area (Å²) in [6.07, 6.45) is 2.22. The SMILES string of the molecule is COC(=O)[C@H]1C[C@H]2CC[C@H]1N2C(=O)OC(C)(C)C. The number of hydrogen-bond acceptors (Lipinski definition) is 4. The van der Waals surface area contributed by atoms with E-state index in [-0.39, 0.29) is 30.1 Å². The second-order valence-electron chi connectivity index (χ2n) is 6.05. The number of nitrogens with zero attached hydrogens (tertiary/aromatic N) is 1. The minimum absolute atomic E-state index is 0.0442. The van der Waals surface area contributed by atoms with Crippen LogP contribution in [0.25, 0.3) is 0 Å². The Morgan fingerprint density at radius 3 is 2.44 bits per heavy atom. The van der Waals surface area contributed by atoms with Crippen molar-refractivity contribution in [2.75, 3.05) is 7.11 Å². The highest BCUT2D eigenvalue weighted by Crippen LogP contribution is 2.42. The van der Waals surface area contributed by atoms with E-state index in [0.29, 0.717) is 6.42 Å². The van der Waals surface area contributed by atoms with Gasteiger partial charge in [0.05, 0.1) is 13.0 Å². The van der Waals surface area contributed by atoms with Gasteiger partial charge in [-0.15, -0.1) is 0 Å². The maximum atomic E-state index is 12.1. The highest BCUT2D eigenvalue weighted by Gasteiger charge is 2.52. The summed E-state index contributed by atoms with van der Waals surface area (Å²) in [5, 5.41) is 0. The van der Waals surface area contributed by atoms with Crippen LogP contribution in [0.15, 0.2) is 0 Å². The smallest absolute Gasteiger partial charge is 0.410 e. The van der Waals surface area contributed by atoms with Gasteiger partial charge >= 0.3 is 12.1 Å². The van der Waals surface area contributed by atoms with Gasteiger partial charge in [-0.25, -0.2) is 4.79 Å². The number of esters is 1. The zero-order valence-corrected chi connectivity index (χ0v) is 11.4. The third-order valence-corrected chi connectivity index (χ3v) is 3.65. The third kappa shape index (κ3) is 2.31. The maximum Gasteiger partial charge on any atom is 0.410 e. The number of carbonyl (C=O) groups excluding carboxylic acids is 2. The van der Waals surface area contributed by atoms with Crippen molar-refractivity contribution in [3.63, 3.8) is 0 Å². The van der Waals surface area contributed by atoms with Crippen LogP contribution in [0.4, 0.5) is 4.79 Å². The van der Waals surface area contributed by atoms with Crippen molar-refractivity contribution in [1.82, 2.24) is 4.90 Å². The Hall–Kier alpha value is -1.26. The molecule has 0 N–H and O–H groups in total. The van der Waals surface area contributed by atoms with E-state index in [2.05, 4.69) is 0 Å². The molecule has 0 radical (unpaired) electrons. The summed E-state index contributed by atoms with van der Waals surface area (Å²) in [4.78, 5) is 25.5. The largest absolute Gasteiger partial charge is 0.469 e. The van der Waals surface area contributed by atoms with Gasteiger partial charge in [0.2, 0.25) is 0 Å². The molecule has 2 aliphatic heterocycles. The highest BCUT2D eigenvalue weighted by molar-refractivity contribution is 5.77. The van der Waals surface area contributed by atoms with Crippen molar-refractivity contribution in [2.24, 2.45) is 5.92 Å². The average molecular weight is 255 g/mol. The number of carbonyl (C=O) groups is 2. The highest BCUT2D eigenvalue weighted by atomic mass is 16.6. The molecule has 0 aromatic heterocycles. The molecular formula is C13H21NO4. The Morgan fingerprint density at radius 1 is 1.22 bits per heavy atom. The van der Waals surface area contributed by atoms with Gasteiger partial charge in [-0.05, 0) is 40.0 Å². The van der Waals surface area contributed by atoms with E-state index in [9.17, 15) is 9.59 Å². The summed E-state index contributed by atoms with van der Waals surface area (Å²) in [7, 11) is 1.39. The van der Waals surface area contributed by atoms with Crippen LogP contribution in [-0.4, -0.2) is 41.8 Å². The molecule has 0 aliphatic carbocycles. The minimum atomic E-state index is -0.500. The van der Waals surface area contributed by atoms with Gasteiger partial charge in [-0.1, -0.05) is 0 Å². The Labute approximate surface area is 107 Å². The molecule has 2 bridgehead atoms. The summed E-state index contributed by atoms with van der Waals surface area (Å²) in [6, 6.07) is 0.0891. The quantitative estimate of drug-likeness (QED) is 0.672. The fourth-order valence-corrected chi connectivity index (χ4v) is 2.99. The van der Waals surface area contributed by atoms with Gasteiger partial charge in [0, 0.05) is 12.1 Å². The van der Waals surface area contributed by atoms with Crippen molar-refractivity contribution in [2.45, 2.75) is 57.7 Å². The Balaban J connectivity index is 2.07. The van der Waals surface area contributed by atoms with Crippen LogP contribution >= 0.6 is 0 Å². The van der Waals surface area contributed by atoms with E-state index in [1.54, 1.807) is 4.90 Å². The molecule has 2 aliphatic rings. The molecular weight excluding hydrogens is 234 g/mol. The van der Waals surface area contributed by atoms with E-state index in [1.807, 2.05) is 20.8 Å². The van der Waals surface area contributed by atoms with Crippen molar-refractivity contribution in [1.29, 1.82) is 0 Å². The second kappa shape index (κ2) is 4.44. The van der Waals surface area contributed by atoms with Gasteiger partial charge in [0.15, 0.2) is 0 Å². The van der Waals surface area contributed by atoms with Crippen LogP contribution in [0.3, 0.4) is 0 Å². The molecule has 0 aromatic rings. The normalized spacial score (nSPS) is 30.4. The Morgan fingerprint density at radius 2 is 1.89 bits per heavy atom. The number of amides is 1. The van der Waals surface area contributed by atoms with Gasteiger partial charge < -0.3 is 14.4 Å². The van der Waals surface area contributed by atoms with E-state index in [4.69, 9.17) is 9.47 Å². The van der Waals surface area contributed by atoms with Crippen molar-refractivity contribution >= 4 is 12.1 Å². The molecule has 5 nitrogen and oxygen atoms in total. The monoisotopic (exact) mass is 255 g/mol. The average Bonchev–Trinajstić information content (AvgIpc) is 2.82. The first kappa shape index (κ1) is 13.2. The number of hydrogen-bond donors (Lipinski definition) is 0. The molecule has 0 unspecified atom stereocenters. The number of fused-ring (bicyclic) bond motifs is 2. The van der Waals surface area contributed by atoms with E-state index in [1.165, 1.54) is 7.11 Å². The fourth-order valence-electron chi connectivity index (χ4n) is 2.99. The molecule has 0 spiro atoms. The van der Waals surface area contributed by atoms with Crippen LogP contribution in [-0.2, 0) is 14.3 Å². The predicted octanol–water partition coefficient (Wildman–Crippen LogP) is 1.95. The second-order valence-corrected chi connectivity index (χ2v) is 6.05. The number of methoxy groups -OCH3 is 1. The third-order valence-electron chi connectivity index (χ3n) is 3.65. The zero-order valence-electron chi connectivity index (χ0n) is 11.4. The predicted molar refractivity (Wildman–Crippen MR) is 65.0 cm³/mol. The molecule has 102 valence electrons. The van der Waals surface area contributed by atoms with Gasteiger partial charge in [-0.2, -0.15) is 0 Å². The lowest BCUT2D eigenvalue weighted by atomic mass is 9.89. The molecule has 2 heterocycles. The lowest BCUT2D eigenvalue weighted by Crippen LogP contribution is -2.41. The van der Waals surface area contributed by atoms with Crippen LogP contribution in [0.5, 0.6) is 0 Å². The van der Waals surface area contributed by atoms with Crippen molar-refractivity contribution < 1.29 is 19.1 Å². The molecule has 2 rings (SSSR count). The van der Waals surface area contributed by atoms with E-state index >= 15 is 0 Å². The standard InChI is InChI=1S/C13H21NO4/c1-13(2,3)18-12(16)14-8-5-6-10(14)9(7-8)11(15)17-4/h8-10H,5-7H2,1-4H3/t8-,9+,10-/m1/s1. The van der Waals surface area contributed by atoms with E-state index < -0.39 is 5.60 Å². The lowest BCUT2D eigenvalue weighted by Gasteiger charge is -2.27. The number of rotatable bonds is 1. The molecule has 0 saturated carbocycles. The van der Waals surface area contributed by atoms with Gasteiger partial charge in [0.1, 0.15) is 5.60 Å². The van der Waals surface area contributed by atoms with Crippen molar-refractivity contribution in [3.8, 4) is 0 Å². The minimum Gasteiger partial charge on any atom is -0.469 e. The van der Waals surface area contributed by atoms with Crippen LogP contribution in [0.2, 0.25) is 0 Å². The zero-order chi connectivity index (χ0) is 13.5. The summed E-state index contributed by atoms with van der Waals surface area (Å²) in [6.45, 7) is 5.54. The Kier molecular flexibility index (Phi) is 3.25. The first-order valence-electron chi connectivity index (χ1n) is 6.42. The summed E-state index contributed by atoms with van der Waals surface area (Å²) in [5.41, 5.74) is -0.500.